The molecule has 1 aromatic carbocycles. The van der Waals surface area contributed by atoms with E-state index in [1.54, 1.807) is 0 Å². The molecule has 2 nitrogen and oxygen atoms in total. The summed E-state index contributed by atoms with van der Waals surface area (Å²) in [7, 11) is 2.08. The van der Waals surface area contributed by atoms with E-state index >= 15 is 0 Å². The first-order valence-electron chi connectivity index (χ1n) is 7.28. The van der Waals surface area contributed by atoms with Crippen molar-refractivity contribution in [1.29, 1.82) is 0 Å². The van der Waals surface area contributed by atoms with Crippen LogP contribution >= 0.6 is 12.2 Å². The lowest BCUT2D eigenvalue weighted by Gasteiger charge is -2.28. The number of hydrogen-bond acceptors (Lipinski definition) is 1. The second-order valence-corrected chi connectivity index (χ2v) is 6.46. The number of rotatable bonds is 3. The minimum atomic E-state index is 0.629. The van der Waals surface area contributed by atoms with E-state index in [0.29, 0.717) is 6.04 Å². The first-order chi connectivity index (χ1) is 9.22. The highest BCUT2D eigenvalue weighted by Crippen LogP contribution is 2.44. The monoisotopic (exact) mass is 274 g/mol. The average molecular weight is 274 g/mol. The van der Waals surface area contributed by atoms with Gasteiger partial charge in [-0.3, -0.25) is 0 Å². The van der Waals surface area contributed by atoms with Crippen LogP contribution in [-0.4, -0.2) is 23.1 Å². The molecule has 102 valence electrons. The molecule has 0 heterocycles. The van der Waals surface area contributed by atoms with Crippen molar-refractivity contribution in [3.63, 3.8) is 0 Å². The van der Waals surface area contributed by atoms with E-state index in [2.05, 4.69) is 47.6 Å². The van der Waals surface area contributed by atoms with Crippen molar-refractivity contribution < 1.29 is 0 Å². The number of fused-ring (bicyclic) bond motifs is 2. The Labute approximate surface area is 121 Å². The molecule has 0 radical (unpaired) electrons. The molecule has 2 saturated carbocycles. The molecule has 2 fully saturated rings. The molecule has 1 N–H and O–H groups in total. The maximum absolute atomic E-state index is 5.54. The van der Waals surface area contributed by atoms with Crippen LogP contribution in [0.2, 0.25) is 0 Å². The van der Waals surface area contributed by atoms with Crippen molar-refractivity contribution >= 4 is 17.3 Å². The highest BCUT2D eigenvalue weighted by Gasteiger charge is 2.39. The van der Waals surface area contributed by atoms with Crippen LogP contribution in [0.1, 0.15) is 31.2 Å². The molecule has 0 spiro atoms. The molecule has 2 bridgehead atoms. The van der Waals surface area contributed by atoms with Crippen molar-refractivity contribution in [1.82, 2.24) is 10.2 Å². The Kier molecular flexibility index (Phi) is 3.74. The van der Waals surface area contributed by atoms with E-state index in [4.69, 9.17) is 12.2 Å². The van der Waals surface area contributed by atoms with Crippen LogP contribution in [0.25, 0.3) is 0 Å². The molecular formula is C16H22N2S. The van der Waals surface area contributed by atoms with Gasteiger partial charge in [-0.15, -0.1) is 0 Å². The Hall–Kier alpha value is -1.09. The summed E-state index contributed by atoms with van der Waals surface area (Å²) < 4.78 is 0. The second kappa shape index (κ2) is 5.49. The Morgan fingerprint density at radius 3 is 2.68 bits per heavy atom. The Morgan fingerprint density at radius 1 is 1.26 bits per heavy atom. The van der Waals surface area contributed by atoms with Gasteiger partial charge in [-0.2, -0.15) is 0 Å². The highest BCUT2D eigenvalue weighted by atomic mass is 32.1. The Balaban J connectivity index is 1.53. The predicted octanol–water partition coefficient (Wildman–Crippen LogP) is 3.18. The number of nitrogens with zero attached hydrogens (tertiary/aromatic N) is 1. The fourth-order valence-electron chi connectivity index (χ4n) is 3.62. The van der Waals surface area contributed by atoms with Gasteiger partial charge in [0.2, 0.25) is 0 Å². The molecule has 3 atom stereocenters. The van der Waals surface area contributed by atoms with Crippen molar-refractivity contribution in [2.75, 3.05) is 7.05 Å². The van der Waals surface area contributed by atoms with E-state index in [1.165, 1.54) is 31.2 Å². The average Bonchev–Trinajstić information content (AvgIpc) is 3.02. The van der Waals surface area contributed by atoms with Crippen molar-refractivity contribution in [2.45, 2.75) is 38.3 Å². The molecule has 2 aliphatic rings. The zero-order valence-corrected chi connectivity index (χ0v) is 12.3. The van der Waals surface area contributed by atoms with Crippen molar-refractivity contribution in [3.05, 3.63) is 35.9 Å². The summed E-state index contributed by atoms with van der Waals surface area (Å²) in [6.07, 6.45) is 5.58. The summed E-state index contributed by atoms with van der Waals surface area (Å²) >= 11 is 5.54. The van der Waals surface area contributed by atoms with Gasteiger partial charge in [0, 0.05) is 19.6 Å². The van der Waals surface area contributed by atoms with Crippen molar-refractivity contribution in [2.24, 2.45) is 11.8 Å². The van der Waals surface area contributed by atoms with Crippen LogP contribution in [0.4, 0.5) is 0 Å². The largest absolute Gasteiger partial charge is 0.360 e. The second-order valence-electron chi connectivity index (χ2n) is 6.07. The molecule has 2 aliphatic carbocycles. The summed E-state index contributed by atoms with van der Waals surface area (Å²) in [5, 5.41) is 4.49. The van der Waals surface area contributed by atoms with Crippen LogP contribution in [0.15, 0.2) is 30.3 Å². The molecule has 0 amide bonds. The first-order valence-corrected chi connectivity index (χ1v) is 7.69. The number of benzene rings is 1. The van der Waals surface area contributed by atoms with Gasteiger partial charge in [0.15, 0.2) is 5.11 Å². The zero-order chi connectivity index (χ0) is 13.2. The van der Waals surface area contributed by atoms with Gasteiger partial charge in [0.05, 0.1) is 0 Å². The van der Waals surface area contributed by atoms with E-state index in [9.17, 15) is 0 Å². The van der Waals surface area contributed by atoms with Crippen LogP contribution in [-0.2, 0) is 6.54 Å². The van der Waals surface area contributed by atoms with Crippen LogP contribution in [0.3, 0.4) is 0 Å². The lowest BCUT2D eigenvalue weighted by Crippen LogP contribution is -2.44. The van der Waals surface area contributed by atoms with Gasteiger partial charge in [0.1, 0.15) is 0 Å². The summed E-state index contributed by atoms with van der Waals surface area (Å²) in [5.74, 6) is 1.83. The zero-order valence-electron chi connectivity index (χ0n) is 11.5. The normalized spacial score (nSPS) is 28.4. The van der Waals surface area contributed by atoms with E-state index in [1.807, 2.05) is 0 Å². The van der Waals surface area contributed by atoms with Gasteiger partial charge in [-0.25, -0.2) is 0 Å². The summed E-state index contributed by atoms with van der Waals surface area (Å²) in [6.45, 7) is 0.882. The molecule has 0 aliphatic heterocycles. The summed E-state index contributed by atoms with van der Waals surface area (Å²) in [4.78, 5) is 2.15. The summed E-state index contributed by atoms with van der Waals surface area (Å²) in [5.41, 5.74) is 1.31. The van der Waals surface area contributed by atoms with Gasteiger partial charge in [-0.1, -0.05) is 36.8 Å². The fraction of sp³-hybridized carbons (Fsp3) is 0.562. The molecule has 3 heteroatoms. The van der Waals surface area contributed by atoms with E-state index < -0.39 is 0 Å². The number of nitrogens with one attached hydrogen (secondary N) is 1. The molecule has 0 unspecified atom stereocenters. The predicted molar refractivity (Wildman–Crippen MR) is 82.9 cm³/mol. The third-order valence-corrected chi connectivity index (χ3v) is 5.09. The third-order valence-electron chi connectivity index (χ3n) is 4.66. The minimum Gasteiger partial charge on any atom is -0.360 e. The first kappa shape index (κ1) is 12.9. The van der Waals surface area contributed by atoms with Crippen LogP contribution in [0, 0.1) is 11.8 Å². The molecule has 1 aromatic rings. The van der Waals surface area contributed by atoms with Gasteiger partial charge in [-0.05, 0) is 48.9 Å². The molecule has 0 aromatic heterocycles. The molecular weight excluding hydrogens is 252 g/mol. The maximum Gasteiger partial charge on any atom is 0.169 e. The van der Waals surface area contributed by atoms with E-state index in [-0.39, 0.29) is 0 Å². The quantitative estimate of drug-likeness (QED) is 0.852. The highest BCUT2D eigenvalue weighted by molar-refractivity contribution is 7.80. The van der Waals surface area contributed by atoms with Gasteiger partial charge < -0.3 is 10.2 Å². The standard InChI is InChI=1S/C16H22N2S/c1-18(11-12-5-3-2-4-6-12)16(19)17-15-10-13-7-8-14(15)9-13/h2-6,13-15H,7-11H2,1H3,(H,17,19)/t13-,14-,15+/m0/s1. The lowest BCUT2D eigenvalue weighted by atomic mass is 9.95. The fourth-order valence-corrected chi connectivity index (χ4v) is 3.84. The van der Waals surface area contributed by atoms with Gasteiger partial charge in [0.25, 0.3) is 0 Å². The smallest absolute Gasteiger partial charge is 0.169 e. The topological polar surface area (TPSA) is 15.3 Å². The van der Waals surface area contributed by atoms with Gasteiger partial charge >= 0.3 is 0 Å². The third kappa shape index (κ3) is 2.92. The number of thiocarbonyl (C=S) groups is 1. The molecule has 3 rings (SSSR count). The SMILES string of the molecule is CN(Cc1ccccc1)C(=S)N[C@@H]1C[C@H]2CC[C@H]1C2. The lowest BCUT2D eigenvalue weighted by molar-refractivity contribution is 0.373. The maximum atomic E-state index is 5.54. The Bertz CT molecular complexity index is 445. The summed E-state index contributed by atoms with van der Waals surface area (Å²) in [6, 6.07) is 11.1. The van der Waals surface area contributed by atoms with Crippen LogP contribution in [0.5, 0.6) is 0 Å². The number of hydrogen-bond donors (Lipinski definition) is 1. The van der Waals surface area contributed by atoms with Crippen LogP contribution < -0.4 is 5.32 Å². The molecule has 0 saturated heterocycles. The Morgan fingerprint density at radius 2 is 2.05 bits per heavy atom. The minimum absolute atomic E-state index is 0.629. The van der Waals surface area contributed by atoms with E-state index in [0.717, 1.165) is 23.5 Å². The molecule has 19 heavy (non-hydrogen) atoms. The van der Waals surface area contributed by atoms with Crippen molar-refractivity contribution in [3.8, 4) is 0 Å².